The molecule has 0 spiro atoms. The van der Waals surface area contributed by atoms with E-state index in [1.807, 2.05) is 13.1 Å². The number of aromatic nitrogens is 2. The Kier molecular flexibility index (Phi) is 5.73. The van der Waals surface area contributed by atoms with Crippen molar-refractivity contribution in [2.75, 3.05) is 20.1 Å². The largest absolute Gasteiger partial charge is 0.307 e. The van der Waals surface area contributed by atoms with Gasteiger partial charge in [0.15, 0.2) is 0 Å². The third-order valence-electron chi connectivity index (χ3n) is 2.65. The molecule has 4 nitrogen and oxygen atoms in total. The van der Waals surface area contributed by atoms with Crippen LogP contribution in [-0.2, 0) is 0 Å². The molecule has 1 heterocycles. The molecule has 0 aliphatic carbocycles. The average molecular weight is 240 g/mol. The highest BCUT2D eigenvalue weighted by atomic mass is 32.1. The predicted molar refractivity (Wildman–Crippen MR) is 69.4 cm³/mol. The molecule has 1 aromatic heterocycles. The summed E-state index contributed by atoms with van der Waals surface area (Å²) in [5.41, 5.74) is 1.89. The van der Waals surface area contributed by atoms with Crippen LogP contribution in [0.3, 0.4) is 0 Å². The first-order chi connectivity index (χ1) is 7.67. The van der Waals surface area contributed by atoms with Crippen LogP contribution in [0.2, 0.25) is 0 Å². The van der Waals surface area contributed by atoms with E-state index in [-0.39, 0.29) is 6.04 Å². The molecule has 1 rings (SSSR count). The van der Waals surface area contributed by atoms with Gasteiger partial charge in [-0.15, -0.1) is 0 Å². The number of nitrogens with zero attached hydrogens (tertiary/aromatic N) is 3. The Morgan fingerprint density at radius 2 is 2.19 bits per heavy atom. The average Bonchev–Trinajstić information content (AvgIpc) is 2.31. The number of hydrogen-bond acceptors (Lipinski definition) is 5. The molecule has 1 unspecified atom stereocenters. The van der Waals surface area contributed by atoms with Crippen LogP contribution in [0, 0.1) is 6.92 Å². The SMILES string of the molecule is CCN(C)CCC(NS)c1cnc(C)cn1. The van der Waals surface area contributed by atoms with Crippen molar-refractivity contribution in [3.63, 3.8) is 0 Å². The molecule has 0 aromatic carbocycles. The number of hydrogen-bond donors (Lipinski definition) is 2. The van der Waals surface area contributed by atoms with Crippen LogP contribution < -0.4 is 4.72 Å². The fourth-order valence-electron chi connectivity index (χ4n) is 1.37. The molecule has 1 aromatic rings. The van der Waals surface area contributed by atoms with Gasteiger partial charge in [-0.25, -0.2) is 0 Å². The lowest BCUT2D eigenvalue weighted by molar-refractivity contribution is 0.330. The summed E-state index contributed by atoms with van der Waals surface area (Å²) in [5.74, 6) is 0. The Bertz CT molecular complexity index is 301. The van der Waals surface area contributed by atoms with Crippen molar-refractivity contribution in [3.05, 3.63) is 23.8 Å². The molecule has 1 atom stereocenters. The number of nitrogens with one attached hydrogen (secondary N) is 1. The van der Waals surface area contributed by atoms with Crippen molar-refractivity contribution in [2.45, 2.75) is 26.3 Å². The van der Waals surface area contributed by atoms with Crippen LogP contribution in [0.5, 0.6) is 0 Å². The maximum atomic E-state index is 4.36. The lowest BCUT2D eigenvalue weighted by Gasteiger charge is -2.19. The van der Waals surface area contributed by atoms with E-state index in [0.29, 0.717) is 0 Å². The Hall–Kier alpha value is -0.650. The quantitative estimate of drug-likeness (QED) is 0.741. The normalized spacial score (nSPS) is 13.1. The minimum atomic E-state index is 0.158. The van der Waals surface area contributed by atoms with Crippen molar-refractivity contribution in [2.24, 2.45) is 0 Å². The lowest BCUT2D eigenvalue weighted by Crippen LogP contribution is -2.24. The van der Waals surface area contributed by atoms with Crippen LogP contribution in [0.1, 0.15) is 30.8 Å². The molecule has 0 bridgehead atoms. The molecule has 0 radical (unpaired) electrons. The van der Waals surface area contributed by atoms with E-state index in [1.54, 1.807) is 6.20 Å². The van der Waals surface area contributed by atoms with Crippen LogP contribution in [-0.4, -0.2) is 35.0 Å². The topological polar surface area (TPSA) is 41.0 Å². The molecule has 90 valence electrons. The molecule has 0 aliphatic heterocycles. The number of aryl methyl sites for hydroxylation is 1. The van der Waals surface area contributed by atoms with Crippen molar-refractivity contribution >= 4 is 12.8 Å². The van der Waals surface area contributed by atoms with Gasteiger partial charge < -0.3 is 4.90 Å². The zero-order chi connectivity index (χ0) is 12.0. The van der Waals surface area contributed by atoms with Gasteiger partial charge in [-0.3, -0.25) is 14.7 Å². The third-order valence-corrected chi connectivity index (χ3v) is 2.96. The van der Waals surface area contributed by atoms with Crippen molar-refractivity contribution < 1.29 is 0 Å². The molecule has 0 saturated heterocycles. The minimum absolute atomic E-state index is 0.158. The summed E-state index contributed by atoms with van der Waals surface area (Å²) in [6.45, 7) is 6.16. The summed E-state index contributed by atoms with van der Waals surface area (Å²) in [6, 6.07) is 0.158. The van der Waals surface area contributed by atoms with E-state index in [4.69, 9.17) is 0 Å². The maximum Gasteiger partial charge on any atom is 0.0765 e. The molecule has 0 amide bonds. The monoisotopic (exact) mass is 240 g/mol. The predicted octanol–water partition coefficient (Wildman–Crippen LogP) is 1.60. The summed E-state index contributed by atoms with van der Waals surface area (Å²) in [4.78, 5) is 10.9. The smallest absolute Gasteiger partial charge is 0.0765 e. The summed E-state index contributed by atoms with van der Waals surface area (Å²) >= 11 is 4.15. The van der Waals surface area contributed by atoms with Gasteiger partial charge in [-0.05, 0) is 33.5 Å². The van der Waals surface area contributed by atoms with Gasteiger partial charge in [-0.1, -0.05) is 19.7 Å². The first-order valence-corrected chi connectivity index (χ1v) is 5.98. The van der Waals surface area contributed by atoms with Gasteiger partial charge in [0.05, 0.1) is 23.6 Å². The van der Waals surface area contributed by atoms with Crippen molar-refractivity contribution in [1.29, 1.82) is 0 Å². The summed E-state index contributed by atoms with van der Waals surface area (Å²) in [5, 5.41) is 0. The summed E-state index contributed by atoms with van der Waals surface area (Å²) in [7, 11) is 2.11. The van der Waals surface area contributed by atoms with Crippen LogP contribution in [0.25, 0.3) is 0 Å². The summed E-state index contributed by atoms with van der Waals surface area (Å²) < 4.78 is 2.98. The number of rotatable bonds is 6. The van der Waals surface area contributed by atoms with Crippen LogP contribution >= 0.6 is 12.8 Å². The maximum absolute atomic E-state index is 4.36. The highest BCUT2D eigenvalue weighted by Gasteiger charge is 2.11. The van der Waals surface area contributed by atoms with Crippen LogP contribution in [0.15, 0.2) is 12.4 Å². The first-order valence-electron chi connectivity index (χ1n) is 5.54. The molecule has 5 heteroatoms. The molecule has 16 heavy (non-hydrogen) atoms. The van der Waals surface area contributed by atoms with Gasteiger partial charge in [0, 0.05) is 6.20 Å². The van der Waals surface area contributed by atoms with Gasteiger partial charge in [0.1, 0.15) is 0 Å². The van der Waals surface area contributed by atoms with E-state index in [1.165, 1.54) is 0 Å². The van der Waals surface area contributed by atoms with Gasteiger partial charge in [0.25, 0.3) is 0 Å². The molecule has 0 saturated carbocycles. The standard InChI is InChI=1S/C11H20N4S/c1-4-15(3)6-5-10(14-16)11-8-12-9(2)7-13-11/h7-8,10,14,16H,4-6H2,1-3H3. The Morgan fingerprint density at radius 3 is 2.69 bits per heavy atom. The molecular weight excluding hydrogens is 220 g/mol. The first kappa shape index (κ1) is 13.4. The second-order valence-electron chi connectivity index (χ2n) is 3.95. The zero-order valence-electron chi connectivity index (χ0n) is 10.1. The highest BCUT2D eigenvalue weighted by molar-refractivity contribution is 7.78. The molecule has 0 fully saturated rings. The van der Waals surface area contributed by atoms with E-state index >= 15 is 0 Å². The van der Waals surface area contributed by atoms with Crippen molar-refractivity contribution in [1.82, 2.24) is 19.6 Å². The van der Waals surface area contributed by atoms with Gasteiger partial charge in [0.2, 0.25) is 0 Å². The molecule has 1 N–H and O–H groups in total. The highest BCUT2D eigenvalue weighted by Crippen LogP contribution is 2.14. The van der Waals surface area contributed by atoms with E-state index < -0.39 is 0 Å². The molecule has 0 aliphatic rings. The van der Waals surface area contributed by atoms with Crippen LogP contribution in [0.4, 0.5) is 0 Å². The molecular formula is C11H20N4S. The third kappa shape index (κ3) is 4.08. The second-order valence-corrected chi connectivity index (χ2v) is 4.21. The lowest BCUT2D eigenvalue weighted by atomic mass is 10.1. The van der Waals surface area contributed by atoms with Crippen molar-refractivity contribution in [3.8, 4) is 0 Å². The summed E-state index contributed by atoms with van der Waals surface area (Å²) in [6.07, 6.45) is 4.58. The fraction of sp³-hybridized carbons (Fsp3) is 0.636. The zero-order valence-corrected chi connectivity index (χ0v) is 11.0. The number of thiol groups is 1. The Balaban J connectivity index is 2.57. The van der Waals surface area contributed by atoms with Gasteiger partial charge in [-0.2, -0.15) is 0 Å². The minimum Gasteiger partial charge on any atom is -0.307 e. The van der Waals surface area contributed by atoms with E-state index in [0.717, 1.165) is 30.9 Å². The second kappa shape index (κ2) is 6.83. The Morgan fingerprint density at radius 1 is 1.44 bits per heavy atom. The van der Waals surface area contributed by atoms with E-state index in [9.17, 15) is 0 Å². The fourth-order valence-corrected chi connectivity index (χ4v) is 1.63. The van der Waals surface area contributed by atoms with Gasteiger partial charge >= 0.3 is 0 Å². The van der Waals surface area contributed by atoms with E-state index in [2.05, 4.69) is 46.4 Å². The Labute approximate surface area is 103 Å².